The maximum absolute atomic E-state index is 13.5. The van der Waals surface area contributed by atoms with E-state index in [2.05, 4.69) is 19.8 Å². The molecule has 12 nitrogen and oxygen atoms in total. The van der Waals surface area contributed by atoms with Gasteiger partial charge in [0.05, 0.1) is 47.5 Å². The highest BCUT2D eigenvalue weighted by molar-refractivity contribution is 6.27. The summed E-state index contributed by atoms with van der Waals surface area (Å²) in [5.41, 5.74) is 7.21. The molecule has 0 spiro atoms. The van der Waals surface area contributed by atoms with Crippen LogP contribution in [0.2, 0.25) is 0 Å². The van der Waals surface area contributed by atoms with E-state index in [1.165, 1.54) is 9.80 Å². The van der Waals surface area contributed by atoms with E-state index in [0.29, 0.717) is 48.4 Å². The number of ether oxygens (including phenoxy) is 2. The molecule has 52 heavy (non-hydrogen) atoms. The Morgan fingerprint density at radius 1 is 0.538 bits per heavy atom. The zero-order valence-electron chi connectivity index (χ0n) is 30.1. The molecule has 2 N–H and O–H groups in total. The van der Waals surface area contributed by atoms with Gasteiger partial charge in [-0.1, -0.05) is 0 Å². The zero-order valence-corrected chi connectivity index (χ0v) is 30.1. The number of nitrogens with one attached hydrogen (secondary N) is 2. The Hall–Kier alpha value is -5.72. The zero-order chi connectivity index (χ0) is 36.6. The number of imide groups is 2. The van der Waals surface area contributed by atoms with Crippen molar-refractivity contribution in [1.82, 2.24) is 29.6 Å². The molecule has 2 aromatic heterocycles. The summed E-state index contributed by atoms with van der Waals surface area (Å²) >= 11 is 0. The number of fused-ring (bicyclic) bond motifs is 8. The largest absolute Gasteiger partial charge is 0.497 e. The molecule has 4 aromatic carbocycles. The van der Waals surface area contributed by atoms with Crippen LogP contribution in [0.5, 0.6) is 11.5 Å². The molecule has 4 heterocycles. The van der Waals surface area contributed by atoms with Gasteiger partial charge in [-0.3, -0.25) is 29.0 Å². The Morgan fingerprint density at radius 3 is 1.33 bits per heavy atom. The molecule has 4 amide bonds. The highest BCUT2D eigenvalue weighted by Gasteiger charge is 2.39. The van der Waals surface area contributed by atoms with Gasteiger partial charge in [0, 0.05) is 85.9 Å². The lowest BCUT2D eigenvalue weighted by Gasteiger charge is -2.16. The van der Waals surface area contributed by atoms with E-state index >= 15 is 0 Å². The van der Waals surface area contributed by atoms with Gasteiger partial charge in [-0.05, 0) is 73.5 Å². The predicted molar refractivity (Wildman–Crippen MR) is 200 cm³/mol. The molecule has 6 aromatic rings. The molecule has 2 aliphatic heterocycles. The SMILES string of the molecule is COc1ccc2c(c1)c1cc3c(c(C)c1n2C)C(=O)N(CCNCCNCCN1C(=O)c2cc4c5cc(OC)ccc5n(C)c4c(C)c2C1=O)C3=O. The van der Waals surface area contributed by atoms with Crippen molar-refractivity contribution in [2.75, 3.05) is 53.5 Å². The van der Waals surface area contributed by atoms with Gasteiger partial charge < -0.3 is 29.2 Å². The fourth-order valence-electron chi connectivity index (χ4n) is 8.28. The van der Waals surface area contributed by atoms with Crippen LogP contribution in [-0.2, 0) is 14.1 Å². The minimum atomic E-state index is -0.290. The highest BCUT2D eigenvalue weighted by Crippen LogP contribution is 2.40. The second kappa shape index (κ2) is 12.5. The van der Waals surface area contributed by atoms with E-state index in [-0.39, 0.29) is 36.7 Å². The van der Waals surface area contributed by atoms with Crippen LogP contribution in [0.1, 0.15) is 52.6 Å². The first-order chi connectivity index (χ1) is 25.1. The maximum Gasteiger partial charge on any atom is 0.261 e. The lowest BCUT2D eigenvalue weighted by atomic mass is 9.99. The molecule has 2 aliphatic rings. The van der Waals surface area contributed by atoms with Gasteiger partial charge in [-0.2, -0.15) is 0 Å². The number of rotatable bonds is 11. The van der Waals surface area contributed by atoms with Crippen molar-refractivity contribution in [2.45, 2.75) is 13.8 Å². The maximum atomic E-state index is 13.5. The van der Waals surface area contributed by atoms with Crippen molar-refractivity contribution in [1.29, 1.82) is 0 Å². The third-order valence-electron chi connectivity index (χ3n) is 10.8. The quantitative estimate of drug-likeness (QED) is 0.147. The lowest BCUT2D eigenvalue weighted by Crippen LogP contribution is -2.40. The smallest absolute Gasteiger partial charge is 0.261 e. The van der Waals surface area contributed by atoms with E-state index < -0.39 is 0 Å². The van der Waals surface area contributed by atoms with Crippen LogP contribution in [0.4, 0.5) is 0 Å². The number of carbonyl (C=O) groups excluding carboxylic acids is 4. The van der Waals surface area contributed by atoms with Crippen LogP contribution in [0.15, 0.2) is 48.5 Å². The van der Waals surface area contributed by atoms with E-state index in [1.807, 2.05) is 76.5 Å². The summed E-state index contributed by atoms with van der Waals surface area (Å²) < 4.78 is 15.0. The molecule has 0 unspecified atom stereocenters. The van der Waals surface area contributed by atoms with Crippen molar-refractivity contribution in [3.63, 3.8) is 0 Å². The number of hydrogen-bond donors (Lipinski definition) is 2. The van der Waals surface area contributed by atoms with Crippen molar-refractivity contribution in [2.24, 2.45) is 14.1 Å². The van der Waals surface area contributed by atoms with Crippen molar-refractivity contribution in [3.8, 4) is 11.5 Å². The molecule has 8 rings (SSSR count). The molecular weight excluding hydrogens is 660 g/mol. The molecule has 266 valence electrons. The van der Waals surface area contributed by atoms with E-state index in [9.17, 15) is 19.2 Å². The summed E-state index contributed by atoms with van der Waals surface area (Å²) in [6.45, 7) is 6.28. The molecule has 0 fully saturated rings. The molecule has 0 radical (unpaired) electrons. The number of carbonyl (C=O) groups is 4. The van der Waals surface area contributed by atoms with Gasteiger partial charge >= 0.3 is 0 Å². The van der Waals surface area contributed by atoms with Crippen molar-refractivity contribution in [3.05, 3.63) is 81.9 Å². The molecule has 0 bridgehead atoms. The second-order valence-electron chi connectivity index (χ2n) is 13.5. The van der Waals surface area contributed by atoms with Crippen molar-refractivity contribution < 1.29 is 28.7 Å². The lowest BCUT2D eigenvalue weighted by molar-refractivity contribution is 0.0638. The summed E-state index contributed by atoms with van der Waals surface area (Å²) in [6, 6.07) is 15.4. The van der Waals surface area contributed by atoms with Gasteiger partial charge in [-0.25, -0.2) is 0 Å². The number of benzene rings is 4. The second-order valence-corrected chi connectivity index (χ2v) is 13.5. The number of amides is 4. The van der Waals surface area contributed by atoms with E-state index in [0.717, 1.165) is 66.2 Å². The Kier molecular flexibility index (Phi) is 8.03. The Labute approximate surface area is 299 Å². The van der Waals surface area contributed by atoms with Crippen LogP contribution in [0, 0.1) is 13.8 Å². The Bertz CT molecular complexity index is 2370. The molecule has 12 heteroatoms. The molecule has 0 saturated heterocycles. The molecule has 0 atom stereocenters. The Balaban J connectivity index is 0.862. The predicted octanol–water partition coefficient (Wildman–Crippen LogP) is 4.68. The molecular formula is C40H40N6O6. The number of aromatic nitrogens is 2. The summed E-state index contributed by atoms with van der Waals surface area (Å²) in [6.07, 6.45) is 0. The van der Waals surface area contributed by atoms with E-state index in [4.69, 9.17) is 9.47 Å². The fraction of sp³-hybridized carbons (Fsp3) is 0.300. The number of methoxy groups -OCH3 is 2. The summed E-state index contributed by atoms with van der Waals surface area (Å²) in [5.74, 6) is 0.319. The summed E-state index contributed by atoms with van der Waals surface area (Å²) in [7, 11) is 7.18. The average Bonchev–Trinajstić information content (AvgIpc) is 3.77. The van der Waals surface area contributed by atoms with Crippen LogP contribution in [0.3, 0.4) is 0 Å². The topological polar surface area (TPSA) is 127 Å². The third kappa shape index (κ3) is 4.81. The number of nitrogens with zero attached hydrogens (tertiary/aromatic N) is 4. The van der Waals surface area contributed by atoms with Crippen molar-refractivity contribution >= 4 is 67.2 Å². The highest BCUT2D eigenvalue weighted by atomic mass is 16.5. The fourth-order valence-corrected chi connectivity index (χ4v) is 8.28. The van der Waals surface area contributed by atoms with E-state index in [1.54, 1.807) is 14.2 Å². The Morgan fingerprint density at radius 2 is 0.942 bits per heavy atom. The number of aryl methyl sites for hydroxylation is 4. The normalized spacial score (nSPS) is 14.3. The van der Waals surface area contributed by atoms with Gasteiger partial charge in [0.2, 0.25) is 0 Å². The third-order valence-corrected chi connectivity index (χ3v) is 10.8. The first kappa shape index (κ1) is 33.4. The summed E-state index contributed by atoms with van der Waals surface area (Å²) in [4.78, 5) is 56.6. The first-order valence-corrected chi connectivity index (χ1v) is 17.4. The van der Waals surface area contributed by atoms with Crippen LogP contribution in [0.25, 0.3) is 43.6 Å². The van der Waals surface area contributed by atoms with Gasteiger partial charge in [0.15, 0.2) is 0 Å². The summed E-state index contributed by atoms with van der Waals surface area (Å²) in [5, 5.41) is 10.4. The number of hydrogen-bond acceptors (Lipinski definition) is 8. The van der Waals surface area contributed by atoms with Crippen LogP contribution in [-0.4, -0.2) is 96.1 Å². The minimum Gasteiger partial charge on any atom is -0.497 e. The molecule has 0 aliphatic carbocycles. The van der Waals surface area contributed by atoms with Crippen LogP contribution < -0.4 is 20.1 Å². The standard InChI is InChI=1S/C40H40N6O6/c1-21-33-29(19-27-25-17-23(51-5)7-9-31(25)43(3)35(21)27)37(47)45(39(33)49)15-13-41-11-12-42-14-16-46-38(48)30-20-28-26-18-24(52-6)8-10-32(26)44(4)36(28)22(2)34(30)40(46)50/h7-10,17-20,41-42H,11-16H2,1-6H3. The van der Waals surface area contributed by atoms with Gasteiger partial charge in [0.1, 0.15) is 11.5 Å². The van der Waals surface area contributed by atoms with Gasteiger partial charge in [-0.15, -0.1) is 0 Å². The van der Waals surface area contributed by atoms with Gasteiger partial charge in [0.25, 0.3) is 23.6 Å². The average molecular weight is 701 g/mol. The van der Waals surface area contributed by atoms with Crippen LogP contribution >= 0.6 is 0 Å². The molecule has 0 saturated carbocycles. The monoisotopic (exact) mass is 700 g/mol. The minimum absolute atomic E-state index is 0.238. The first-order valence-electron chi connectivity index (χ1n) is 17.4.